The summed E-state index contributed by atoms with van der Waals surface area (Å²) >= 11 is 0. The van der Waals surface area contributed by atoms with Gasteiger partial charge in [-0.3, -0.25) is 9.79 Å². The van der Waals surface area contributed by atoms with Gasteiger partial charge in [-0.25, -0.2) is 0 Å². The van der Waals surface area contributed by atoms with E-state index in [4.69, 9.17) is 16.2 Å². The molecule has 0 bridgehead atoms. The molecule has 0 aliphatic heterocycles. The molecule has 6 heteroatoms. The maximum Gasteiger partial charge on any atom is 0.323 e. The summed E-state index contributed by atoms with van der Waals surface area (Å²) in [6, 6.07) is -0.314. The lowest BCUT2D eigenvalue weighted by Crippen LogP contribution is -2.42. The average Bonchev–Trinajstić information content (AvgIpc) is 2.24. The van der Waals surface area contributed by atoms with E-state index in [0.29, 0.717) is 18.9 Å². The Morgan fingerprint density at radius 2 is 1.90 bits per heavy atom. The van der Waals surface area contributed by atoms with Gasteiger partial charge in [0.15, 0.2) is 5.96 Å². The molecule has 0 saturated heterocycles. The Labute approximate surface area is 122 Å². The number of carbonyl (C=O) groups is 1. The highest BCUT2D eigenvalue weighted by molar-refractivity contribution is 5.76. The minimum absolute atomic E-state index is 0.0777. The van der Waals surface area contributed by atoms with Crippen LogP contribution in [0, 0.1) is 5.92 Å². The predicted molar refractivity (Wildman–Crippen MR) is 82.4 cm³/mol. The molecule has 0 aliphatic carbocycles. The first-order valence-corrected chi connectivity index (χ1v) is 7.13. The maximum absolute atomic E-state index is 12.1. The van der Waals surface area contributed by atoms with Crippen molar-refractivity contribution in [2.24, 2.45) is 22.4 Å². The lowest BCUT2D eigenvalue weighted by Gasteiger charge is -2.25. The Morgan fingerprint density at radius 3 is 2.35 bits per heavy atom. The number of aliphatic imine (C=N–C) groups is 1. The minimum atomic E-state index is -0.477. The Balaban J connectivity index is 4.40. The third kappa shape index (κ3) is 10.6. The van der Waals surface area contributed by atoms with E-state index in [1.54, 1.807) is 0 Å². The maximum atomic E-state index is 12.1. The largest absolute Gasteiger partial charge is 0.459 e. The molecule has 0 radical (unpaired) electrons. The third-order valence-corrected chi connectivity index (χ3v) is 2.41. The quantitative estimate of drug-likeness (QED) is 0.267. The second-order valence-corrected chi connectivity index (χ2v) is 6.34. The van der Waals surface area contributed by atoms with Crippen molar-refractivity contribution >= 4 is 11.9 Å². The molecule has 0 heterocycles. The number of esters is 1. The molecule has 1 atom stereocenters. The topological polar surface area (TPSA) is 103 Å². The van der Waals surface area contributed by atoms with Gasteiger partial charge < -0.3 is 21.5 Å². The van der Waals surface area contributed by atoms with Crippen molar-refractivity contribution in [3.05, 3.63) is 0 Å². The van der Waals surface area contributed by atoms with Gasteiger partial charge in [0.1, 0.15) is 11.6 Å². The molecule has 20 heavy (non-hydrogen) atoms. The van der Waals surface area contributed by atoms with E-state index in [2.05, 4.69) is 24.2 Å². The Bertz CT molecular complexity index is 318. The van der Waals surface area contributed by atoms with Gasteiger partial charge in [0.25, 0.3) is 0 Å². The van der Waals surface area contributed by atoms with E-state index in [9.17, 15) is 4.79 Å². The van der Waals surface area contributed by atoms with Crippen LogP contribution in [-0.4, -0.2) is 36.7 Å². The Hall–Kier alpha value is -1.30. The standard InChI is InChI=1S/C14H30N4O2/c1-10(2)9-18-11(7-6-8-17-13(15)16)12(19)20-14(3,4)5/h10-11,18H,6-9H2,1-5H3,(H4,15,16,17)/t11-/m0/s1. The summed E-state index contributed by atoms with van der Waals surface area (Å²) in [5, 5.41) is 3.24. The Kier molecular flexibility index (Phi) is 8.22. The van der Waals surface area contributed by atoms with Gasteiger partial charge in [0.2, 0.25) is 0 Å². The van der Waals surface area contributed by atoms with Crippen molar-refractivity contribution in [1.82, 2.24) is 5.32 Å². The zero-order valence-electron chi connectivity index (χ0n) is 13.4. The van der Waals surface area contributed by atoms with Gasteiger partial charge in [0, 0.05) is 6.54 Å². The molecule has 0 unspecified atom stereocenters. The van der Waals surface area contributed by atoms with E-state index in [0.717, 1.165) is 13.0 Å². The van der Waals surface area contributed by atoms with Gasteiger partial charge in [-0.15, -0.1) is 0 Å². The molecular weight excluding hydrogens is 256 g/mol. The van der Waals surface area contributed by atoms with Crippen molar-refractivity contribution in [2.75, 3.05) is 13.1 Å². The van der Waals surface area contributed by atoms with Crippen molar-refractivity contribution in [3.63, 3.8) is 0 Å². The summed E-state index contributed by atoms with van der Waals surface area (Å²) in [6.45, 7) is 11.1. The number of guanidine groups is 1. The van der Waals surface area contributed by atoms with Crippen molar-refractivity contribution in [1.29, 1.82) is 0 Å². The summed E-state index contributed by atoms with van der Waals surface area (Å²) in [6.07, 6.45) is 1.38. The molecule has 0 rings (SSSR count). The molecule has 0 fully saturated rings. The highest BCUT2D eigenvalue weighted by Gasteiger charge is 2.24. The smallest absolute Gasteiger partial charge is 0.323 e. The van der Waals surface area contributed by atoms with Crippen LogP contribution in [0.2, 0.25) is 0 Å². The summed E-state index contributed by atoms with van der Waals surface area (Å²) in [5.74, 6) is 0.328. The van der Waals surface area contributed by atoms with E-state index in [1.807, 2.05) is 20.8 Å². The summed E-state index contributed by atoms with van der Waals surface area (Å²) in [7, 11) is 0. The van der Waals surface area contributed by atoms with Crippen LogP contribution in [0.5, 0.6) is 0 Å². The third-order valence-electron chi connectivity index (χ3n) is 2.41. The van der Waals surface area contributed by atoms with Crippen LogP contribution < -0.4 is 16.8 Å². The van der Waals surface area contributed by atoms with Crippen molar-refractivity contribution in [2.45, 2.75) is 59.1 Å². The number of hydrogen-bond donors (Lipinski definition) is 3. The fraction of sp³-hybridized carbons (Fsp3) is 0.857. The molecule has 6 nitrogen and oxygen atoms in total. The van der Waals surface area contributed by atoms with Crippen LogP contribution in [0.3, 0.4) is 0 Å². The Morgan fingerprint density at radius 1 is 1.30 bits per heavy atom. The van der Waals surface area contributed by atoms with Gasteiger partial charge in [0.05, 0.1) is 0 Å². The van der Waals surface area contributed by atoms with Crippen LogP contribution in [-0.2, 0) is 9.53 Å². The molecule has 0 aromatic carbocycles. The monoisotopic (exact) mass is 286 g/mol. The summed E-state index contributed by atoms with van der Waals surface area (Å²) in [5.41, 5.74) is 10.1. The fourth-order valence-electron chi connectivity index (χ4n) is 1.56. The first-order chi connectivity index (χ1) is 9.11. The fourth-order valence-corrected chi connectivity index (χ4v) is 1.56. The number of hydrogen-bond acceptors (Lipinski definition) is 4. The van der Waals surface area contributed by atoms with Crippen LogP contribution in [0.1, 0.15) is 47.5 Å². The minimum Gasteiger partial charge on any atom is -0.459 e. The molecule has 5 N–H and O–H groups in total. The van der Waals surface area contributed by atoms with Crippen LogP contribution in [0.25, 0.3) is 0 Å². The highest BCUT2D eigenvalue weighted by atomic mass is 16.6. The summed E-state index contributed by atoms with van der Waals surface area (Å²) in [4.78, 5) is 16.0. The van der Waals surface area contributed by atoms with E-state index in [-0.39, 0.29) is 18.0 Å². The van der Waals surface area contributed by atoms with E-state index >= 15 is 0 Å². The molecule has 0 aromatic rings. The lowest BCUT2D eigenvalue weighted by molar-refractivity contribution is -0.157. The molecule has 0 aromatic heterocycles. The molecule has 0 saturated carbocycles. The first kappa shape index (κ1) is 18.7. The van der Waals surface area contributed by atoms with Crippen LogP contribution in [0.4, 0.5) is 0 Å². The molecule has 0 aliphatic rings. The van der Waals surface area contributed by atoms with Gasteiger partial charge in [-0.2, -0.15) is 0 Å². The number of rotatable bonds is 8. The predicted octanol–water partition coefficient (Wildman–Crippen LogP) is 0.996. The second-order valence-electron chi connectivity index (χ2n) is 6.34. The number of nitrogens with two attached hydrogens (primary N) is 2. The zero-order valence-corrected chi connectivity index (χ0v) is 13.4. The number of ether oxygens (including phenoxy) is 1. The van der Waals surface area contributed by atoms with Crippen molar-refractivity contribution < 1.29 is 9.53 Å². The number of carbonyl (C=O) groups excluding carboxylic acids is 1. The highest BCUT2D eigenvalue weighted by Crippen LogP contribution is 2.11. The van der Waals surface area contributed by atoms with E-state index in [1.165, 1.54) is 0 Å². The number of nitrogens with one attached hydrogen (secondary N) is 1. The van der Waals surface area contributed by atoms with Gasteiger partial charge >= 0.3 is 5.97 Å². The van der Waals surface area contributed by atoms with Crippen LogP contribution >= 0.6 is 0 Å². The normalized spacial score (nSPS) is 13.1. The molecule has 118 valence electrons. The number of nitrogens with zero attached hydrogens (tertiary/aromatic N) is 1. The van der Waals surface area contributed by atoms with Gasteiger partial charge in [-0.1, -0.05) is 13.8 Å². The van der Waals surface area contributed by atoms with Crippen LogP contribution in [0.15, 0.2) is 4.99 Å². The molecule has 0 spiro atoms. The second kappa shape index (κ2) is 8.79. The van der Waals surface area contributed by atoms with Crippen molar-refractivity contribution in [3.8, 4) is 0 Å². The average molecular weight is 286 g/mol. The molecular formula is C14H30N4O2. The lowest BCUT2D eigenvalue weighted by atomic mass is 10.1. The first-order valence-electron chi connectivity index (χ1n) is 7.13. The van der Waals surface area contributed by atoms with E-state index < -0.39 is 5.60 Å². The SMILES string of the molecule is CC(C)CN[C@@H](CCCN=C(N)N)C(=O)OC(C)(C)C. The zero-order chi connectivity index (χ0) is 15.8. The molecule has 0 amide bonds. The summed E-state index contributed by atoms with van der Waals surface area (Å²) < 4.78 is 5.42. The van der Waals surface area contributed by atoms with Gasteiger partial charge in [-0.05, 0) is 46.1 Å².